The third-order valence-electron chi connectivity index (χ3n) is 5.82. The van der Waals surface area contributed by atoms with Gasteiger partial charge in [-0.25, -0.2) is 8.78 Å². The van der Waals surface area contributed by atoms with Crippen molar-refractivity contribution in [2.24, 2.45) is 7.05 Å². The molecule has 0 unspecified atom stereocenters. The number of benzene rings is 2. The Morgan fingerprint density at radius 3 is 2.48 bits per heavy atom. The predicted octanol–water partition coefficient (Wildman–Crippen LogP) is 4.72. The van der Waals surface area contributed by atoms with E-state index < -0.39 is 11.6 Å². The molecule has 140 valence electrons. The largest absolute Gasteiger partial charge is 0.291 e. The van der Waals surface area contributed by atoms with Crippen molar-refractivity contribution in [1.29, 1.82) is 0 Å². The van der Waals surface area contributed by atoms with Crippen molar-refractivity contribution in [2.75, 3.05) is 6.54 Å². The number of hydrogen-bond acceptors (Lipinski definition) is 2. The lowest BCUT2D eigenvalue weighted by molar-refractivity contribution is 0.176. The van der Waals surface area contributed by atoms with Gasteiger partial charge in [0.15, 0.2) is 0 Å². The van der Waals surface area contributed by atoms with Crippen LogP contribution in [0.5, 0.6) is 0 Å². The van der Waals surface area contributed by atoms with Gasteiger partial charge < -0.3 is 0 Å². The summed E-state index contributed by atoms with van der Waals surface area (Å²) in [6.07, 6.45) is 1.93. The van der Waals surface area contributed by atoms with Gasteiger partial charge in [0, 0.05) is 55.0 Å². The van der Waals surface area contributed by atoms with Crippen LogP contribution < -0.4 is 0 Å². The van der Waals surface area contributed by atoms with E-state index in [0.29, 0.717) is 12.1 Å². The van der Waals surface area contributed by atoms with E-state index in [4.69, 9.17) is 0 Å². The molecule has 0 bridgehead atoms. The fraction of sp³-hybridized carbons (Fsp3) is 0.318. The van der Waals surface area contributed by atoms with Crippen LogP contribution in [-0.4, -0.2) is 21.2 Å². The number of halogens is 2. The zero-order valence-electron chi connectivity index (χ0n) is 15.8. The monoisotopic (exact) mass is 367 g/mol. The number of aromatic nitrogens is 2. The Bertz CT molecular complexity index is 979. The minimum absolute atomic E-state index is 0.152. The number of hydrogen-bond donors (Lipinski definition) is 0. The average Bonchev–Trinajstić information content (AvgIpc) is 2.98. The Balaban J connectivity index is 1.73. The molecule has 0 spiro atoms. The lowest BCUT2D eigenvalue weighted by Crippen LogP contribution is -2.37. The van der Waals surface area contributed by atoms with Gasteiger partial charge in [0.25, 0.3) is 0 Å². The zero-order chi connectivity index (χ0) is 19.1. The molecule has 27 heavy (non-hydrogen) atoms. The first-order valence-electron chi connectivity index (χ1n) is 9.21. The maximum Gasteiger partial charge on any atom is 0.130 e. The van der Waals surface area contributed by atoms with E-state index in [1.165, 1.54) is 22.8 Å². The molecule has 3 nitrogen and oxygen atoms in total. The van der Waals surface area contributed by atoms with Crippen molar-refractivity contribution in [1.82, 2.24) is 14.7 Å². The molecule has 3 aromatic rings. The molecule has 0 amide bonds. The molecule has 2 heterocycles. The van der Waals surface area contributed by atoms with E-state index in [0.717, 1.165) is 18.3 Å². The van der Waals surface area contributed by atoms with Gasteiger partial charge in [-0.2, -0.15) is 5.10 Å². The van der Waals surface area contributed by atoms with Gasteiger partial charge in [0.2, 0.25) is 0 Å². The molecule has 0 saturated heterocycles. The molecule has 5 heteroatoms. The van der Waals surface area contributed by atoms with Gasteiger partial charge in [0.1, 0.15) is 11.6 Å². The van der Waals surface area contributed by atoms with Crippen molar-refractivity contribution in [3.63, 3.8) is 0 Å². The van der Waals surface area contributed by atoms with E-state index in [2.05, 4.69) is 42.0 Å². The summed E-state index contributed by atoms with van der Waals surface area (Å²) in [4.78, 5) is 2.26. The molecule has 0 saturated carbocycles. The quantitative estimate of drug-likeness (QED) is 0.668. The van der Waals surface area contributed by atoms with E-state index in [1.54, 1.807) is 6.07 Å². The predicted molar refractivity (Wildman–Crippen MR) is 101 cm³/mol. The van der Waals surface area contributed by atoms with Crippen molar-refractivity contribution in [3.8, 4) is 0 Å². The van der Waals surface area contributed by atoms with Crippen LogP contribution in [0.2, 0.25) is 0 Å². The van der Waals surface area contributed by atoms with Crippen LogP contribution in [0.1, 0.15) is 46.8 Å². The van der Waals surface area contributed by atoms with Crippen LogP contribution in [0.25, 0.3) is 0 Å². The fourth-order valence-electron chi connectivity index (χ4n) is 4.09. The molecule has 1 aliphatic rings. The number of rotatable bonds is 3. The summed E-state index contributed by atoms with van der Waals surface area (Å²) in [5.41, 5.74) is 5.40. The van der Waals surface area contributed by atoms with Crippen LogP contribution in [0.3, 0.4) is 0 Å². The Hall–Kier alpha value is -2.53. The molecule has 0 radical (unpaired) electrons. The Morgan fingerprint density at radius 1 is 1.07 bits per heavy atom. The van der Waals surface area contributed by atoms with Gasteiger partial charge in [-0.1, -0.05) is 30.3 Å². The van der Waals surface area contributed by atoms with Crippen LogP contribution in [0.4, 0.5) is 8.78 Å². The Morgan fingerprint density at radius 2 is 1.81 bits per heavy atom. The third kappa shape index (κ3) is 3.16. The first-order chi connectivity index (χ1) is 13.0. The van der Waals surface area contributed by atoms with Crippen molar-refractivity contribution in [3.05, 3.63) is 88.2 Å². The van der Waals surface area contributed by atoms with Gasteiger partial charge in [-0.15, -0.1) is 0 Å². The molecule has 1 aliphatic heterocycles. The van der Waals surface area contributed by atoms with Crippen molar-refractivity contribution < 1.29 is 8.78 Å². The summed E-state index contributed by atoms with van der Waals surface area (Å²) in [5.74, 6) is -0.859. The summed E-state index contributed by atoms with van der Waals surface area (Å²) in [6.45, 7) is 5.43. The summed E-state index contributed by atoms with van der Waals surface area (Å²) >= 11 is 0. The number of fused-ring (bicyclic) bond motifs is 1. The first-order valence-corrected chi connectivity index (χ1v) is 9.21. The van der Waals surface area contributed by atoms with Crippen LogP contribution >= 0.6 is 0 Å². The minimum Gasteiger partial charge on any atom is -0.291 e. The second-order valence-electron chi connectivity index (χ2n) is 7.33. The number of nitrogens with zero attached hydrogens (tertiary/aromatic N) is 3. The van der Waals surface area contributed by atoms with E-state index >= 15 is 0 Å². The zero-order valence-corrected chi connectivity index (χ0v) is 15.8. The topological polar surface area (TPSA) is 21.1 Å². The first kappa shape index (κ1) is 17.9. The van der Waals surface area contributed by atoms with Gasteiger partial charge in [-0.05, 0) is 31.0 Å². The lowest BCUT2D eigenvalue weighted by atomic mass is 9.81. The van der Waals surface area contributed by atoms with Crippen LogP contribution in [-0.2, 0) is 13.6 Å². The van der Waals surface area contributed by atoms with Gasteiger partial charge >= 0.3 is 0 Å². The molecule has 0 fully saturated rings. The molecular weight excluding hydrogens is 344 g/mol. The Labute approximate surface area is 158 Å². The molecule has 1 aromatic heterocycles. The van der Waals surface area contributed by atoms with Crippen LogP contribution in [0.15, 0.2) is 48.7 Å². The fourth-order valence-corrected chi connectivity index (χ4v) is 4.09. The highest BCUT2D eigenvalue weighted by atomic mass is 19.1. The van der Waals surface area contributed by atoms with Crippen molar-refractivity contribution in [2.45, 2.75) is 32.4 Å². The molecule has 0 aliphatic carbocycles. The summed E-state index contributed by atoms with van der Waals surface area (Å²) in [7, 11) is 1.95. The molecule has 2 aromatic carbocycles. The van der Waals surface area contributed by atoms with Crippen LogP contribution in [0, 0.1) is 18.6 Å². The third-order valence-corrected chi connectivity index (χ3v) is 5.82. The maximum atomic E-state index is 14.2. The molecule has 4 rings (SSSR count). The number of aryl methyl sites for hydroxylation is 1. The minimum atomic E-state index is -0.544. The van der Waals surface area contributed by atoms with Gasteiger partial charge in [0.05, 0.1) is 6.20 Å². The van der Waals surface area contributed by atoms with E-state index in [9.17, 15) is 8.78 Å². The molecule has 0 N–H and O–H groups in total. The second kappa shape index (κ2) is 6.89. The smallest absolute Gasteiger partial charge is 0.130 e. The van der Waals surface area contributed by atoms with Gasteiger partial charge in [-0.3, -0.25) is 9.58 Å². The highest BCUT2D eigenvalue weighted by molar-refractivity contribution is 5.43. The average molecular weight is 367 g/mol. The SMILES string of the molecule is Cc1c([C@H]2CN(Cc3ccc(F)cc3F)[C@@H](C)c3ccccc32)cnn1C. The summed E-state index contributed by atoms with van der Waals surface area (Å²) in [5, 5.41) is 4.41. The molecule has 2 atom stereocenters. The summed E-state index contributed by atoms with van der Waals surface area (Å²) in [6, 6.07) is 12.4. The van der Waals surface area contributed by atoms with E-state index in [-0.39, 0.29) is 12.0 Å². The highest BCUT2D eigenvalue weighted by Gasteiger charge is 2.33. The standard InChI is InChI=1S/C22H23F2N3/c1-14-20(11-25-26(14)3)21-13-27(12-16-8-9-17(23)10-22(16)24)15(2)18-6-4-5-7-19(18)21/h4-11,15,21H,12-13H2,1-3H3/t15-,21-/m0/s1. The lowest BCUT2D eigenvalue weighted by Gasteiger charge is -2.40. The van der Waals surface area contributed by atoms with E-state index in [1.807, 2.05) is 24.0 Å². The normalized spacial score (nSPS) is 19.9. The van der Waals surface area contributed by atoms with Crippen molar-refractivity contribution >= 4 is 0 Å². The second-order valence-corrected chi connectivity index (χ2v) is 7.33. The highest BCUT2D eigenvalue weighted by Crippen LogP contribution is 2.40. The molecular formula is C22H23F2N3. The Kier molecular flexibility index (Phi) is 4.56. The summed E-state index contributed by atoms with van der Waals surface area (Å²) < 4.78 is 29.4. The maximum absolute atomic E-state index is 14.2.